The second kappa shape index (κ2) is 7.17. The van der Waals surface area contributed by atoms with Gasteiger partial charge in [0.15, 0.2) is 5.65 Å². The zero-order valence-electron chi connectivity index (χ0n) is 15.8. The summed E-state index contributed by atoms with van der Waals surface area (Å²) in [6.07, 6.45) is 11.6. The van der Waals surface area contributed by atoms with Crippen LogP contribution in [-0.2, 0) is 19.4 Å². The average molecular weight is 385 g/mol. The lowest BCUT2D eigenvalue weighted by Gasteiger charge is -2.36. The van der Waals surface area contributed by atoms with Crippen LogP contribution in [0.2, 0.25) is 0 Å². The van der Waals surface area contributed by atoms with Gasteiger partial charge >= 0.3 is 0 Å². The van der Waals surface area contributed by atoms with Crippen molar-refractivity contribution < 1.29 is 0 Å². The highest BCUT2D eigenvalue weighted by atomic mass is 35.5. The third-order valence-electron chi connectivity index (χ3n) is 5.77. The van der Waals surface area contributed by atoms with Gasteiger partial charge in [-0.05, 0) is 26.2 Å². The number of fused-ring (bicyclic) bond motifs is 6. The Bertz CT molecular complexity index is 951. The topological polar surface area (TPSA) is 59.2 Å². The van der Waals surface area contributed by atoms with E-state index in [0.717, 1.165) is 43.0 Å². The van der Waals surface area contributed by atoms with Crippen LogP contribution in [0.1, 0.15) is 60.6 Å². The van der Waals surface area contributed by atoms with E-state index in [4.69, 9.17) is 0 Å². The van der Waals surface area contributed by atoms with Crippen molar-refractivity contribution in [1.82, 2.24) is 29.5 Å². The van der Waals surface area contributed by atoms with E-state index in [1.807, 2.05) is 19.3 Å². The van der Waals surface area contributed by atoms with Gasteiger partial charge in [0.05, 0.1) is 11.4 Å². The fourth-order valence-electron chi connectivity index (χ4n) is 4.57. The molecule has 142 valence electrons. The zero-order chi connectivity index (χ0) is 17.7. The summed E-state index contributed by atoms with van der Waals surface area (Å²) in [5.74, 6) is 0.948. The minimum absolute atomic E-state index is 0. The molecule has 6 nitrogen and oxygen atoms in total. The van der Waals surface area contributed by atoms with E-state index < -0.39 is 0 Å². The van der Waals surface area contributed by atoms with Crippen molar-refractivity contribution in [2.24, 2.45) is 0 Å². The van der Waals surface area contributed by atoms with Gasteiger partial charge in [-0.25, -0.2) is 19.5 Å². The molecule has 0 saturated carbocycles. The molecule has 2 aliphatic heterocycles. The SMILES string of the molecule is CCCc1ncc(CN2C3CCC2c2cnc4cc(C)nn4c2C3)cn1.Cl. The van der Waals surface area contributed by atoms with Crippen LogP contribution in [-0.4, -0.2) is 35.5 Å². The molecule has 27 heavy (non-hydrogen) atoms. The molecule has 2 bridgehead atoms. The van der Waals surface area contributed by atoms with Crippen molar-refractivity contribution in [3.8, 4) is 0 Å². The van der Waals surface area contributed by atoms with Crippen molar-refractivity contribution >= 4 is 18.1 Å². The zero-order valence-corrected chi connectivity index (χ0v) is 16.6. The fourth-order valence-corrected chi connectivity index (χ4v) is 4.57. The Labute approximate surface area is 165 Å². The van der Waals surface area contributed by atoms with Gasteiger partial charge in [0.25, 0.3) is 0 Å². The number of halogens is 1. The molecule has 5 heterocycles. The summed E-state index contributed by atoms with van der Waals surface area (Å²) < 4.78 is 2.07. The molecule has 0 radical (unpaired) electrons. The summed E-state index contributed by atoms with van der Waals surface area (Å²) in [7, 11) is 0. The molecule has 5 rings (SSSR count). The second-order valence-corrected chi connectivity index (χ2v) is 7.60. The van der Waals surface area contributed by atoms with Gasteiger partial charge in [-0.15, -0.1) is 12.4 Å². The Morgan fingerprint density at radius 2 is 1.93 bits per heavy atom. The minimum atomic E-state index is 0. The lowest BCUT2D eigenvalue weighted by atomic mass is 9.98. The van der Waals surface area contributed by atoms with E-state index in [-0.39, 0.29) is 12.4 Å². The van der Waals surface area contributed by atoms with Crippen LogP contribution in [0.25, 0.3) is 5.65 Å². The normalized spacial score (nSPS) is 21.3. The molecule has 2 unspecified atom stereocenters. The molecule has 0 N–H and O–H groups in total. The van der Waals surface area contributed by atoms with Gasteiger partial charge in [-0.3, -0.25) is 4.90 Å². The lowest BCUT2D eigenvalue weighted by molar-refractivity contribution is 0.164. The van der Waals surface area contributed by atoms with Crippen LogP contribution >= 0.6 is 12.4 Å². The number of aryl methyl sites for hydroxylation is 2. The summed E-state index contributed by atoms with van der Waals surface area (Å²) in [4.78, 5) is 16.3. The molecule has 0 aliphatic carbocycles. The number of rotatable bonds is 4. The first-order valence-corrected chi connectivity index (χ1v) is 9.62. The van der Waals surface area contributed by atoms with Crippen LogP contribution in [0.5, 0.6) is 0 Å². The molecular formula is C20H25ClN6. The average Bonchev–Trinajstić information content (AvgIpc) is 3.15. The molecule has 7 heteroatoms. The molecule has 1 saturated heterocycles. The van der Waals surface area contributed by atoms with Crippen molar-refractivity contribution in [2.45, 2.75) is 64.6 Å². The Morgan fingerprint density at radius 3 is 2.70 bits per heavy atom. The van der Waals surface area contributed by atoms with Gasteiger partial charge in [0, 0.05) is 67.3 Å². The van der Waals surface area contributed by atoms with E-state index in [1.54, 1.807) is 0 Å². The molecule has 0 amide bonds. The molecule has 1 fully saturated rings. The van der Waals surface area contributed by atoms with Gasteiger partial charge in [0.1, 0.15) is 5.82 Å². The Morgan fingerprint density at radius 1 is 1.11 bits per heavy atom. The lowest BCUT2D eigenvalue weighted by Crippen LogP contribution is -2.38. The standard InChI is InChI=1S/C20H24N6.ClH/c1-3-4-19-21-9-14(10-22-19)12-25-15-5-6-17(25)16-11-23-20-7-13(2)24-26(20)18(16)8-15;/h7,9-11,15,17H,3-6,8,12H2,1-2H3;1H. The first kappa shape index (κ1) is 18.3. The number of hydrogen-bond acceptors (Lipinski definition) is 5. The predicted octanol–water partition coefficient (Wildman–Crippen LogP) is 3.46. The monoisotopic (exact) mass is 384 g/mol. The van der Waals surface area contributed by atoms with Crippen molar-refractivity contribution in [2.75, 3.05) is 0 Å². The van der Waals surface area contributed by atoms with Gasteiger partial charge < -0.3 is 0 Å². The summed E-state index contributed by atoms with van der Waals surface area (Å²) in [5.41, 5.74) is 5.90. The highest BCUT2D eigenvalue weighted by molar-refractivity contribution is 5.85. The Kier molecular flexibility index (Phi) is 4.86. The first-order chi connectivity index (χ1) is 12.7. The van der Waals surface area contributed by atoms with E-state index in [1.165, 1.54) is 29.7 Å². The summed E-state index contributed by atoms with van der Waals surface area (Å²) in [5, 5.41) is 4.67. The highest BCUT2D eigenvalue weighted by Gasteiger charge is 2.41. The third-order valence-corrected chi connectivity index (χ3v) is 5.77. The summed E-state index contributed by atoms with van der Waals surface area (Å²) in [6.45, 7) is 5.11. The van der Waals surface area contributed by atoms with Crippen LogP contribution in [0.4, 0.5) is 0 Å². The quantitative estimate of drug-likeness (QED) is 0.689. The third kappa shape index (κ3) is 3.11. The number of aromatic nitrogens is 5. The fraction of sp³-hybridized carbons (Fsp3) is 0.500. The molecule has 3 aromatic rings. The Hall–Kier alpha value is -2.05. The van der Waals surface area contributed by atoms with Gasteiger partial charge in [-0.1, -0.05) is 6.92 Å². The largest absolute Gasteiger partial charge is 0.289 e. The summed E-state index contributed by atoms with van der Waals surface area (Å²) >= 11 is 0. The molecule has 3 aromatic heterocycles. The minimum Gasteiger partial charge on any atom is -0.289 e. The van der Waals surface area contributed by atoms with E-state index >= 15 is 0 Å². The van der Waals surface area contributed by atoms with Crippen molar-refractivity contribution in [3.63, 3.8) is 0 Å². The van der Waals surface area contributed by atoms with E-state index in [0.29, 0.717) is 12.1 Å². The first-order valence-electron chi connectivity index (χ1n) is 9.62. The maximum atomic E-state index is 4.67. The smallest absolute Gasteiger partial charge is 0.155 e. The molecular weight excluding hydrogens is 360 g/mol. The number of hydrogen-bond donors (Lipinski definition) is 0. The van der Waals surface area contributed by atoms with Gasteiger partial charge in [-0.2, -0.15) is 5.10 Å². The van der Waals surface area contributed by atoms with Crippen LogP contribution in [0.3, 0.4) is 0 Å². The maximum absolute atomic E-state index is 4.67. The number of nitrogens with zero attached hydrogens (tertiary/aromatic N) is 6. The molecule has 0 spiro atoms. The second-order valence-electron chi connectivity index (χ2n) is 7.60. The molecule has 2 atom stereocenters. The predicted molar refractivity (Wildman–Crippen MR) is 106 cm³/mol. The van der Waals surface area contributed by atoms with Crippen molar-refractivity contribution in [1.29, 1.82) is 0 Å². The molecule has 0 aromatic carbocycles. The van der Waals surface area contributed by atoms with Crippen LogP contribution in [0.15, 0.2) is 24.7 Å². The van der Waals surface area contributed by atoms with Crippen molar-refractivity contribution in [3.05, 3.63) is 53.0 Å². The van der Waals surface area contributed by atoms with E-state index in [9.17, 15) is 0 Å². The Balaban J connectivity index is 0.00000180. The highest BCUT2D eigenvalue weighted by Crippen LogP contribution is 2.44. The summed E-state index contributed by atoms with van der Waals surface area (Å²) in [6, 6.07) is 3.06. The molecule has 2 aliphatic rings. The van der Waals surface area contributed by atoms with E-state index in [2.05, 4.69) is 48.7 Å². The van der Waals surface area contributed by atoms with Gasteiger partial charge in [0.2, 0.25) is 0 Å². The maximum Gasteiger partial charge on any atom is 0.155 e. The van der Waals surface area contributed by atoms with Crippen LogP contribution < -0.4 is 0 Å². The van der Waals surface area contributed by atoms with Crippen LogP contribution in [0, 0.1) is 6.92 Å².